The van der Waals surface area contributed by atoms with Crippen molar-refractivity contribution in [2.24, 2.45) is 0 Å². The number of fused-ring (bicyclic) bond motifs is 1. The number of esters is 1. The van der Waals surface area contributed by atoms with Crippen molar-refractivity contribution < 1.29 is 29.3 Å². The van der Waals surface area contributed by atoms with E-state index in [4.69, 9.17) is 4.74 Å². The van der Waals surface area contributed by atoms with E-state index in [9.17, 15) is 24.6 Å². The van der Waals surface area contributed by atoms with E-state index in [-0.39, 0.29) is 28.2 Å². The van der Waals surface area contributed by atoms with E-state index in [1.54, 1.807) is 6.08 Å². The van der Waals surface area contributed by atoms with Crippen LogP contribution in [0.3, 0.4) is 0 Å². The first kappa shape index (κ1) is 25.4. The highest BCUT2D eigenvalue weighted by atomic mass is 16.5. The molecule has 2 N–H and O–H groups in total. The van der Waals surface area contributed by atoms with Gasteiger partial charge >= 0.3 is 5.97 Å². The molecule has 0 radical (unpaired) electrons. The lowest BCUT2D eigenvalue weighted by Gasteiger charge is -2.24. The molecule has 0 spiro atoms. The van der Waals surface area contributed by atoms with Crippen molar-refractivity contribution in [2.45, 2.75) is 84.2 Å². The molecular formula is C26H34O6. The highest BCUT2D eigenvalue weighted by Crippen LogP contribution is 2.36. The van der Waals surface area contributed by atoms with Gasteiger partial charge in [-0.15, -0.1) is 0 Å². The lowest BCUT2D eigenvalue weighted by molar-refractivity contribution is -0.141. The predicted molar refractivity (Wildman–Crippen MR) is 123 cm³/mol. The summed E-state index contributed by atoms with van der Waals surface area (Å²) in [6.07, 6.45) is 12.8. The molecule has 1 aliphatic rings. The van der Waals surface area contributed by atoms with Crippen LogP contribution in [0.1, 0.15) is 98.8 Å². The number of rotatable bonds is 13. The van der Waals surface area contributed by atoms with Crippen LogP contribution in [0.25, 0.3) is 0 Å². The Morgan fingerprint density at radius 1 is 0.938 bits per heavy atom. The smallest absolute Gasteiger partial charge is 0.331 e. The molecule has 174 valence electrons. The van der Waals surface area contributed by atoms with E-state index in [0.29, 0.717) is 6.42 Å². The number of unbranched alkanes of at least 4 members (excludes halogenated alkanes) is 7. The molecule has 6 nitrogen and oxygen atoms in total. The van der Waals surface area contributed by atoms with Crippen LogP contribution in [0.4, 0.5) is 0 Å². The third kappa shape index (κ3) is 6.81. The Kier molecular flexibility index (Phi) is 10.2. The maximum absolute atomic E-state index is 13.1. The summed E-state index contributed by atoms with van der Waals surface area (Å²) in [4.78, 5) is 38.1. The standard InChI is InChI=1S/C26H34O6/c1-3-5-7-8-9-10-12-13-22(32-23(30)14-11-6-4-2)18-17-21(29)24-19(27)15-16-20(28)25(24)26(18)31/h11,14-17,22,27-28H,3-10,12-13H2,1-2H3/b14-11+. The van der Waals surface area contributed by atoms with Crippen LogP contribution in [0.15, 0.2) is 35.9 Å². The minimum atomic E-state index is -0.893. The van der Waals surface area contributed by atoms with Crippen molar-refractivity contribution in [3.63, 3.8) is 0 Å². The van der Waals surface area contributed by atoms with Gasteiger partial charge in [-0.1, -0.05) is 64.9 Å². The van der Waals surface area contributed by atoms with Crippen LogP contribution >= 0.6 is 0 Å². The summed E-state index contributed by atoms with van der Waals surface area (Å²) in [5, 5.41) is 20.2. The van der Waals surface area contributed by atoms with Crippen molar-refractivity contribution in [1.29, 1.82) is 0 Å². The second-order valence-corrected chi connectivity index (χ2v) is 8.17. The zero-order valence-electron chi connectivity index (χ0n) is 19.1. The van der Waals surface area contributed by atoms with Crippen LogP contribution in [-0.4, -0.2) is 33.9 Å². The van der Waals surface area contributed by atoms with Gasteiger partial charge in [0, 0.05) is 11.6 Å². The van der Waals surface area contributed by atoms with Gasteiger partial charge in [-0.2, -0.15) is 0 Å². The average molecular weight is 443 g/mol. The van der Waals surface area contributed by atoms with Gasteiger partial charge in [-0.3, -0.25) is 9.59 Å². The van der Waals surface area contributed by atoms with Crippen LogP contribution in [0, 0.1) is 0 Å². The zero-order chi connectivity index (χ0) is 23.5. The number of ether oxygens (including phenoxy) is 1. The molecule has 0 saturated heterocycles. The van der Waals surface area contributed by atoms with E-state index in [1.165, 1.54) is 37.5 Å². The molecule has 0 aliphatic heterocycles. The quantitative estimate of drug-likeness (QED) is 0.173. The van der Waals surface area contributed by atoms with Crippen molar-refractivity contribution in [1.82, 2.24) is 0 Å². The third-order valence-corrected chi connectivity index (χ3v) is 5.57. The summed E-state index contributed by atoms with van der Waals surface area (Å²) < 4.78 is 5.57. The Balaban J connectivity index is 2.18. The number of hydrogen-bond donors (Lipinski definition) is 2. The molecule has 0 saturated carbocycles. The number of allylic oxidation sites excluding steroid dienone is 2. The summed E-state index contributed by atoms with van der Waals surface area (Å²) in [6, 6.07) is 2.35. The molecule has 0 heterocycles. The van der Waals surface area contributed by atoms with Crippen LogP contribution in [0.5, 0.6) is 11.5 Å². The second-order valence-electron chi connectivity index (χ2n) is 8.17. The van der Waals surface area contributed by atoms with Gasteiger partial charge in [-0.05, 0) is 37.5 Å². The van der Waals surface area contributed by atoms with E-state index >= 15 is 0 Å². The minimum absolute atomic E-state index is 0.0339. The normalized spacial score (nSPS) is 14.4. The van der Waals surface area contributed by atoms with E-state index < -0.39 is 23.6 Å². The molecular weight excluding hydrogens is 408 g/mol. The molecule has 0 aromatic heterocycles. The first-order valence-electron chi connectivity index (χ1n) is 11.6. The minimum Gasteiger partial charge on any atom is -0.507 e. The number of Topliss-reactive ketones (excluding diaryl/α,β-unsaturated/α-hetero) is 1. The van der Waals surface area contributed by atoms with E-state index in [1.807, 2.05) is 6.92 Å². The van der Waals surface area contributed by atoms with Gasteiger partial charge in [0.2, 0.25) is 0 Å². The van der Waals surface area contributed by atoms with Gasteiger partial charge in [0.15, 0.2) is 11.6 Å². The average Bonchev–Trinajstić information content (AvgIpc) is 2.76. The fraction of sp³-hybridized carbons (Fsp3) is 0.500. The molecule has 1 aromatic carbocycles. The lowest BCUT2D eigenvalue weighted by Crippen LogP contribution is -2.29. The van der Waals surface area contributed by atoms with Crippen molar-refractivity contribution >= 4 is 17.5 Å². The Morgan fingerprint density at radius 2 is 1.56 bits per heavy atom. The van der Waals surface area contributed by atoms with Crippen molar-refractivity contribution in [3.8, 4) is 11.5 Å². The first-order valence-corrected chi connectivity index (χ1v) is 11.6. The SMILES string of the molecule is CCC/C=C/C(=O)OC(CCCCCCCCC)C1=CC(=O)c2c(O)ccc(O)c2C1=O. The molecule has 0 fully saturated rings. The number of benzene rings is 1. The first-order chi connectivity index (χ1) is 15.4. The molecule has 1 atom stereocenters. The van der Waals surface area contributed by atoms with Gasteiger partial charge in [0.05, 0.1) is 11.1 Å². The molecule has 2 rings (SSSR count). The van der Waals surface area contributed by atoms with Crippen molar-refractivity contribution in [2.75, 3.05) is 0 Å². The van der Waals surface area contributed by atoms with Crippen molar-refractivity contribution in [3.05, 3.63) is 47.1 Å². The van der Waals surface area contributed by atoms with Gasteiger partial charge in [0.25, 0.3) is 0 Å². The summed E-state index contributed by atoms with van der Waals surface area (Å²) >= 11 is 0. The maximum Gasteiger partial charge on any atom is 0.331 e. The van der Waals surface area contributed by atoms with E-state index in [0.717, 1.165) is 44.6 Å². The number of carbonyl (C=O) groups excluding carboxylic acids is 3. The predicted octanol–water partition coefficient (Wildman–Crippen LogP) is 5.81. The topological polar surface area (TPSA) is 101 Å². The van der Waals surface area contributed by atoms with Crippen LogP contribution < -0.4 is 0 Å². The number of hydrogen-bond acceptors (Lipinski definition) is 6. The van der Waals surface area contributed by atoms with E-state index in [2.05, 4.69) is 6.92 Å². The number of ketones is 2. The lowest BCUT2D eigenvalue weighted by atomic mass is 9.84. The fourth-order valence-electron chi connectivity index (χ4n) is 3.81. The molecule has 1 unspecified atom stereocenters. The van der Waals surface area contributed by atoms with Crippen LogP contribution in [-0.2, 0) is 9.53 Å². The number of phenolic OH excluding ortho intramolecular Hbond substituents is 2. The number of phenols is 2. The number of carbonyl (C=O) groups is 3. The Hall–Kier alpha value is -2.89. The Bertz CT molecular complexity index is 881. The third-order valence-electron chi connectivity index (χ3n) is 5.57. The second kappa shape index (κ2) is 12.8. The Morgan fingerprint density at radius 3 is 2.22 bits per heavy atom. The zero-order valence-corrected chi connectivity index (χ0v) is 19.1. The highest BCUT2D eigenvalue weighted by molar-refractivity contribution is 6.27. The van der Waals surface area contributed by atoms with Crippen LogP contribution in [0.2, 0.25) is 0 Å². The molecule has 0 bridgehead atoms. The van der Waals surface area contributed by atoms with Gasteiger partial charge in [0.1, 0.15) is 17.6 Å². The largest absolute Gasteiger partial charge is 0.507 e. The Labute approximate surface area is 190 Å². The summed E-state index contributed by atoms with van der Waals surface area (Å²) in [6.45, 7) is 4.16. The molecule has 1 aliphatic carbocycles. The van der Waals surface area contributed by atoms with Gasteiger partial charge in [-0.25, -0.2) is 4.79 Å². The summed E-state index contributed by atoms with van der Waals surface area (Å²) in [5.41, 5.74) is -0.427. The summed E-state index contributed by atoms with van der Waals surface area (Å²) in [7, 11) is 0. The van der Waals surface area contributed by atoms with Gasteiger partial charge < -0.3 is 14.9 Å². The molecule has 6 heteroatoms. The monoisotopic (exact) mass is 442 g/mol. The highest BCUT2D eigenvalue weighted by Gasteiger charge is 2.35. The molecule has 32 heavy (non-hydrogen) atoms. The fourth-order valence-corrected chi connectivity index (χ4v) is 3.81. The number of aromatic hydroxyl groups is 2. The maximum atomic E-state index is 13.1. The molecule has 1 aromatic rings. The molecule has 0 amide bonds. The summed E-state index contributed by atoms with van der Waals surface area (Å²) in [5.74, 6) is -2.52.